The third kappa shape index (κ3) is 14.1. The van der Waals surface area contributed by atoms with E-state index in [1.807, 2.05) is 6.07 Å². The van der Waals surface area contributed by atoms with E-state index in [0.717, 1.165) is 5.56 Å². The van der Waals surface area contributed by atoms with Crippen LogP contribution in [0.2, 0.25) is 0 Å². The lowest BCUT2D eigenvalue weighted by Gasteiger charge is -2.26. The fourth-order valence-corrected chi connectivity index (χ4v) is 4.11. The maximum absolute atomic E-state index is 13.3. The Bertz CT molecular complexity index is 1270. The van der Waals surface area contributed by atoms with E-state index < -0.39 is 84.2 Å². The van der Waals surface area contributed by atoms with E-state index in [1.165, 1.54) is 0 Å². The van der Waals surface area contributed by atoms with Gasteiger partial charge >= 0.3 is 24.0 Å². The first-order valence-corrected chi connectivity index (χ1v) is 15.3. The number of amides is 4. The van der Waals surface area contributed by atoms with Gasteiger partial charge in [0, 0.05) is 13.0 Å². The topological polar surface area (TPSA) is 228 Å². The highest BCUT2D eigenvalue weighted by molar-refractivity contribution is 5.94. The van der Waals surface area contributed by atoms with Crippen LogP contribution in [-0.4, -0.2) is 95.9 Å². The van der Waals surface area contributed by atoms with Gasteiger partial charge in [-0.05, 0) is 46.1 Å². The maximum Gasteiger partial charge on any atom is 0.408 e. The number of benzene rings is 1. The fourth-order valence-electron chi connectivity index (χ4n) is 4.11. The highest BCUT2D eigenvalue weighted by atomic mass is 16.6. The van der Waals surface area contributed by atoms with Gasteiger partial charge in [0.1, 0.15) is 30.3 Å². The summed E-state index contributed by atoms with van der Waals surface area (Å²) in [5.74, 6) is -5.28. The number of carbonyl (C=O) groups is 7. The molecule has 0 saturated carbocycles. The SMILES string of the molecule is CCC[C@H](NC(=O)[C@H](CCC(=O)OCc1ccccc1)NC(=O)OC(C)(C)C)C(=O)N[C@@H](CNC(=O)[C@@H]1O[C@H]1C(=O)OCC)C(=O)O. The summed E-state index contributed by atoms with van der Waals surface area (Å²) >= 11 is 0. The van der Waals surface area contributed by atoms with E-state index in [-0.39, 0.29) is 32.5 Å². The number of carbonyl (C=O) groups excluding carboxylic acids is 6. The summed E-state index contributed by atoms with van der Waals surface area (Å²) in [6.45, 7) is 7.76. The summed E-state index contributed by atoms with van der Waals surface area (Å²) in [6.07, 6.45) is -3.13. The summed E-state index contributed by atoms with van der Waals surface area (Å²) in [4.78, 5) is 87.3. The number of aliphatic carboxylic acids is 1. The number of alkyl carbamates (subject to hydrolysis) is 1. The highest BCUT2D eigenvalue weighted by Crippen LogP contribution is 2.23. The lowest BCUT2D eigenvalue weighted by Crippen LogP contribution is -2.57. The Morgan fingerprint density at radius 2 is 1.47 bits per heavy atom. The molecule has 1 aliphatic heterocycles. The Hall–Kier alpha value is -4.73. The molecule has 0 bridgehead atoms. The second kappa shape index (κ2) is 18.4. The molecule has 4 amide bonds. The first kappa shape index (κ1) is 38.5. The number of hydrogen-bond acceptors (Lipinski definition) is 11. The minimum Gasteiger partial charge on any atom is -0.480 e. The molecule has 260 valence electrons. The summed E-state index contributed by atoms with van der Waals surface area (Å²) in [6, 6.07) is 4.79. The molecule has 0 radical (unpaired) electrons. The van der Waals surface area contributed by atoms with Crippen LogP contribution in [0.3, 0.4) is 0 Å². The van der Waals surface area contributed by atoms with E-state index in [4.69, 9.17) is 18.9 Å². The van der Waals surface area contributed by atoms with Crippen LogP contribution in [0.25, 0.3) is 0 Å². The van der Waals surface area contributed by atoms with Crippen molar-refractivity contribution in [1.29, 1.82) is 0 Å². The molecule has 0 aromatic heterocycles. The van der Waals surface area contributed by atoms with E-state index in [0.29, 0.717) is 6.42 Å². The van der Waals surface area contributed by atoms with Crippen molar-refractivity contribution in [2.75, 3.05) is 13.2 Å². The first-order valence-electron chi connectivity index (χ1n) is 15.3. The molecule has 1 aromatic rings. The third-order valence-corrected chi connectivity index (χ3v) is 6.46. The molecular formula is C31H44N4O12. The molecule has 0 unspecified atom stereocenters. The van der Waals surface area contributed by atoms with Crippen LogP contribution < -0.4 is 21.3 Å². The zero-order chi connectivity index (χ0) is 35.1. The number of carboxylic acid groups (broad SMARTS) is 1. The van der Waals surface area contributed by atoms with Crippen LogP contribution >= 0.6 is 0 Å². The predicted octanol–water partition coefficient (Wildman–Crippen LogP) is 0.704. The standard InChI is InChI=1S/C31H44N4O12/c1-6-11-19(25(37)34-21(28(40)41)16-32-27(39)23-24(46-23)29(42)44-7-2)33-26(38)20(35-30(43)47-31(3,4)5)14-15-22(36)45-17-18-12-9-8-10-13-18/h8-10,12-13,19-21,23-24H,6-7,11,14-17H2,1-5H3,(H,32,39)(H,33,38)(H,34,37)(H,35,43)(H,40,41)/t19-,20-,21-,23+,24+/m0/s1. The number of epoxide rings is 1. The zero-order valence-corrected chi connectivity index (χ0v) is 27.2. The Kier molecular flexibility index (Phi) is 15.1. The quantitative estimate of drug-likeness (QED) is 0.0830. The average molecular weight is 665 g/mol. The normalized spacial score (nSPS) is 17.1. The van der Waals surface area contributed by atoms with Gasteiger partial charge in [-0.25, -0.2) is 14.4 Å². The van der Waals surface area contributed by atoms with Crippen molar-refractivity contribution in [2.24, 2.45) is 0 Å². The van der Waals surface area contributed by atoms with Crippen LogP contribution in [0.1, 0.15) is 65.9 Å². The maximum atomic E-state index is 13.3. The summed E-state index contributed by atoms with van der Waals surface area (Å²) in [7, 11) is 0. The van der Waals surface area contributed by atoms with Gasteiger partial charge in [-0.2, -0.15) is 0 Å². The molecule has 5 atom stereocenters. The minimum absolute atomic E-state index is 0.0135. The molecule has 47 heavy (non-hydrogen) atoms. The largest absolute Gasteiger partial charge is 0.480 e. The van der Waals surface area contributed by atoms with E-state index >= 15 is 0 Å². The van der Waals surface area contributed by atoms with Gasteiger partial charge in [-0.3, -0.25) is 19.2 Å². The van der Waals surface area contributed by atoms with Crippen molar-refractivity contribution in [1.82, 2.24) is 21.3 Å². The summed E-state index contributed by atoms with van der Waals surface area (Å²) in [5, 5.41) is 19.2. The zero-order valence-electron chi connectivity index (χ0n) is 27.2. The molecule has 16 heteroatoms. The van der Waals surface area contributed by atoms with Crippen molar-refractivity contribution in [3.05, 3.63) is 35.9 Å². The molecule has 16 nitrogen and oxygen atoms in total. The Morgan fingerprint density at radius 1 is 0.851 bits per heavy atom. The molecule has 1 aromatic carbocycles. The van der Waals surface area contributed by atoms with Crippen LogP contribution in [0.15, 0.2) is 30.3 Å². The van der Waals surface area contributed by atoms with E-state index in [2.05, 4.69) is 21.3 Å². The molecule has 1 saturated heterocycles. The molecule has 1 heterocycles. The van der Waals surface area contributed by atoms with Crippen molar-refractivity contribution in [3.63, 3.8) is 0 Å². The molecule has 1 aliphatic rings. The van der Waals surface area contributed by atoms with Crippen molar-refractivity contribution in [2.45, 2.75) is 103 Å². The van der Waals surface area contributed by atoms with Gasteiger partial charge in [-0.15, -0.1) is 0 Å². The van der Waals surface area contributed by atoms with Crippen LogP contribution in [0, 0.1) is 0 Å². The lowest BCUT2D eigenvalue weighted by molar-refractivity contribution is -0.146. The lowest BCUT2D eigenvalue weighted by atomic mass is 10.1. The fraction of sp³-hybridized carbons (Fsp3) is 0.581. The van der Waals surface area contributed by atoms with E-state index in [1.54, 1.807) is 58.9 Å². The van der Waals surface area contributed by atoms with Gasteiger partial charge < -0.3 is 45.3 Å². The van der Waals surface area contributed by atoms with Gasteiger partial charge in [0.15, 0.2) is 12.2 Å². The van der Waals surface area contributed by atoms with Crippen LogP contribution in [-0.2, 0) is 54.3 Å². The minimum atomic E-state index is -1.60. The Balaban J connectivity index is 2.03. The molecule has 0 spiro atoms. The number of nitrogens with one attached hydrogen (secondary N) is 4. The molecule has 0 aliphatic carbocycles. The molecule has 5 N–H and O–H groups in total. The summed E-state index contributed by atoms with van der Waals surface area (Å²) < 4.78 is 20.3. The number of ether oxygens (including phenoxy) is 4. The second-order valence-electron chi connectivity index (χ2n) is 11.6. The van der Waals surface area contributed by atoms with Gasteiger partial charge in [0.05, 0.1) is 6.61 Å². The monoisotopic (exact) mass is 664 g/mol. The average Bonchev–Trinajstić information content (AvgIpc) is 3.81. The smallest absolute Gasteiger partial charge is 0.408 e. The third-order valence-electron chi connectivity index (χ3n) is 6.46. The van der Waals surface area contributed by atoms with Gasteiger partial charge in [0.2, 0.25) is 11.8 Å². The number of rotatable bonds is 18. The Labute approximate surface area is 272 Å². The molecular weight excluding hydrogens is 620 g/mol. The van der Waals surface area contributed by atoms with Gasteiger partial charge in [0.25, 0.3) is 5.91 Å². The second-order valence-corrected chi connectivity index (χ2v) is 11.6. The predicted molar refractivity (Wildman–Crippen MR) is 163 cm³/mol. The summed E-state index contributed by atoms with van der Waals surface area (Å²) in [5.41, 5.74) is -0.131. The van der Waals surface area contributed by atoms with Gasteiger partial charge in [-0.1, -0.05) is 43.7 Å². The number of esters is 2. The van der Waals surface area contributed by atoms with Crippen LogP contribution in [0.5, 0.6) is 0 Å². The number of carboxylic acids is 1. The van der Waals surface area contributed by atoms with Crippen molar-refractivity contribution < 1.29 is 57.6 Å². The molecule has 1 fully saturated rings. The van der Waals surface area contributed by atoms with Crippen molar-refractivity contribution >= 4 is 41.7 Å². The van der Waals surface area contributed by atoms with E-state index in [9.17, 15) is 38.7 Å². The molecule has 2 rings (SSSR count). The van der Waals surface area contributed by atoms with Crippen LogP contribution in [0.4, 0.5) is 4.79 Å². The Morgan fingerprint density at radius 3 is 2.04 bits per heavy atom. The first-order chi connectivity index (χ1) is 22.1. The van der Waals surface area contributed by atoms with Crippen molar-refractivity contribution in [3.8, 4) is 0 Å². The highest BCUT2D eigenvalue weighted by Gasteiger charge is 2.51. The number of hydrogen-bond donors (Lipinski definition) is 5.